The maximum absolute atomic E-state index is 13.3. The Balaban J connectivity index is 1.50. The Bertz CT molecular complexity index is 1010. The van der Waals surface area contributed by atoms with E-state index in [-0.39, 0.29) is 23.8 Å². The van der Waals surface area contributed by atoms with Gasteiger partial charge in [-0.3, -0.25) is 9.59 Å². The summed E-state index contributed by atoms with van der Waals surface area (Å²) >= 11 is 0. The fraction of sp³-hybridized carbons (Fsp3) is 0.333. The molecule has 1 aliphatic heterocycles. The predicted octanol–water partition coefficient (Wildman–Crippen LogP) is 4.50. The Labute approximate surface area is 170 Å². The maximum atomic E-state index is 13.3. The van der Waals surface area contributed by atoms with Crippen LogP contribution >= 0.6 is 0 Å². The number of benzene rings is 2. The van der Waals surface area contributed by atoms with Gasteiger partial charge in [0, 0.05) is 25.7 Å². The third kappa shape index (κ3) is 3.77. The number of piperidine rings is 1. The van der Waals surface area contributed by atoms with Crippen LogP contribution in [-0.2, 0) is 4.79 Å². The lowest BCUT2D eigenvalue weighted by molar-refractivity contribution is -0.137. The van der Waals surface area contributed by atoms with Gasteiger partial charge in [-0.15, -0.1) is 0 Å². The minimum Gasteiger partial charge on any atom is -0.467 e. The van der Waals surface area contributed by atoms with Gasteiger partial charge >= 0.3 is 0 Å². The zero-order chi connectivity index (χ0) is 20.4. The molecule has 5 heteroatoms. The predicted molar refractivity (Wildman–Crippen MR) is 112 cm³/mol. The van der Waals surface area contributed by atoms with E-state index < -0.39 is 0 Å². The topological polar surface area (TPSA) is 53.8 Å². The SMILES string of the molecule is CC(c1ccco1)N(C)C(=O)C1CCCN(C(=O)c2cccc3ccccc23)C1. The zero-order valence-electron chi connectivity index (χ0n) is 16.9. The molecule has 1 aliphatic rings. The third-order valence-corrected chi connectivity index (χ3v) is 5.96. The molecule has 2 atom stereocenters. The number of likely N-dealkylation sites (tertiary alicyclic amines) is 1. The van der Waals surface area contributed by atoms with Gasteiger partial charge < -0.3 is 14.2 Å². The zero-order valence-corrected chi connectivity index (χ0v) is 16.9. The Morgan fingerprint density at radius 3 is 2.69 bits per heavy atom. The summed E-state index contributed by atoms with van der Waals surface area (Å²) in [6.07, 6.45) is 3.25. The first-order chi connectivity index (χ1) is 14.1. The van der Waals surface area contributed by atoms with Crippen molar-refractivity contribution in [3.05, 3.63) is 72.2 Å². The van der Waals surface area contributed by atoms with E-state index in [1.807, 2.05) is 66.4 Å². The van der Waals surface area contributed by atoms with Gasteiger partial charge in [0.2, 0.25) is 5.91 Å². The normalized spacial score (nSPS) is 17.9. The first kappa shape index (κ1) is 19.2. The highest BCUT2D eigenvalue weighted by Crippen LogP contribution is 2.27. The number of carbonyl (C=O) groups excluding carboxylic acids is 2. The van der Waals surface area contributed by atoms with Crippen molar-refractivity contribution in [3.8, 4) is 0 Å². The van der Waals surface area contributed by atoms with E-state index in [0.717, 1.165) is 29.4 Å². The Hall–Kier alpha value is -3.08. The fourth-order valence-electron chi connectivity index (χ4n) is 4.14. The van der Waals surface area contributed by atoms with Crippen LogP contribution in [0.15, 0.2) is 65.3 Å². The van der Waals surface area contributed by atoms with Crippen molar-refractivity contribution in [2.75, 3.05) is 20.1 Å². The summed E-state index contributed by atoms with van der Waals surface area (Å²) in [6.45, 7) is 3.10. The van der Waals surface area contributed by atoms with Crippen molar-refractivity contribution < 1.29 is 14.0 Å². The molecule has 3 aromatic rings. The van der Waals surface area contributed by atoms with Crippen molar-refractivity contribution in [2.24, 2.45) is 5.92 Å². The summed E-state index contributed by atoms with van der Waals surface area (Å²) in [4.78, 5) is 29.9. The fourth-order valence-corrected chi connectivity index (χ4v) is 4.14. The van der Waals surface area contributed by atoms with E-state index in [0.29, 0.717) is 18.7 Å². The molecular formula is C24H26N2O3. The number of carbonyl (C=O) groups is 2. The van der Waals surface area contributed by atoms with Crippen LogP contribution in [0.1, 0.15) is 41.9 Å². The molecule has 0 aliphatic carbocycles. The first-order valence-electron chi connectivity index (χ1n) is 10.1. The summed E-state index contributed by atoms with van der Waals surface area (Å²) < 4.78 is 5.45. The Kier molecular flexibility index (Phi) is 5.38. The Morgan fingerprint density at radius 2 is 1.90 bits per heavy atom. The van der Waals surface area contributed by atoms with Crippen LogP contribution in [0.5, 0.6) is 0 Å². The highest BCUT2D eigenvalue weighted by Gasteiger charge is 2.33. The smallest absolute Gasteiger partial charge is 0.254 e. The number of furan rings is 1. The average molecular weight is 390 g/mol. The van der Waals surface area contributed by atoms with Gasteiger partial charge in [-0.1, -0.05) is 36.4 Å². The molecule has 2 aromatic carbocycles. The van der Waals surface area contributed by atoms with Crippen molar-refractivity contribution in [3.63, 3.8) is 0 Å². The lowest BCUT2D eigenvalue weighted by Gasteiger charge is -2.35. The second kappa shape index (κ2) is 8.11. The summed E-state index contributed by atoms with van der Waals surface area (Å²) in [7, 11) is 1.81. The molecule has 5 nitrogen and oxygen atoms in total. The molecule has 1 aromatic heterocycles. The molecule has 29 heavy (non-hydrogen) atoms. The van der Waals surface area contributed by atoms with Crippen molar-refractivity contribution >= 4 is 22.6 Å². The number of rotatable bonds is 4. The quantitative estimate of drug-likeness (QED) is 0.659. The molecule has 1 fully saturated rings. The number of amides is 2. The highest BCUT2D eigenvalue weighted by molar-refractivity contribution is 6.07. The molecule has 0 bridgehead atoms. The molecule has 2 amide bonds. The molecule has 150 valence electrons. The lowest BCUT2D eigenvalue weighted by atomic mass is 9.94. The second-order valence-corrected chi connectivity index (χ2v) is 7.76. The van der Waals surface area contributed by atoms with Crippen molar-refractivity contribution in [1.29, 1.82) is 0 Å². The van der Waals surface area contributed by atoms with Gasteiger partial charge in [-0.2, -0.15) is 0 Å². The molecule has 2 heterocycles. The summed E-state index contributed by atoms with van der Waals surface area (Å²) in [5.41, 5.74) is 0.702. The lowest BCUT2D eigenvalue weighted by Crippen LogP contribution is -2.46. The van der Waals surface area contributed by atoms with E-state index in [4.69, 9.17) is 4.42 Å². The van der Waals surface area contributed by atoms with E-state index in [1.54, 1.807) is 18.2 Å². The molecule has 4 rings (SSSR count). The summed E-state index contributed by atoms with van der Waals surface area (Å²) in [6, 6.07) is 17.3. The monoisotopic (exact) mass is 390 g/mol. The van der Waals surface area contributed by atoms with Crippen molar-refractivity contribution in [2.45, 2.75) is 25.8 Å². The van der Waals surface area contributed by atoms with Crippen LogP contribution in [0.25, 0.3) is 10.8 Å². The summed E-state index contributed by atoms with van der Waals surface area (Å²) in [5.74, 6) is 0.635. The molecule has 0 N–H and O–H groups in total. The molecule has 2 unspecified atom stereocenters. The van der Waals surface area contributed by atoms with E-state index in [9.17, 15) is 9.59 Å². The van der Waals surface area contributed by atoms with Crippen molar-refractivity contribution in [1.82, 2.24) is 9.80 Å². The number of hydrogen-bond donors (Lipinski definition) is 0. The highest BCUT2D eigenvalue weighted by atomic mass is 16.3. The largest absolute Gasteiger partial charge is 0.467 e. The van der Waals surface area contributed by atoms with Crippen LogP contribution < -0.4 is 0 Å². The average Bonchev–Trinajstić information content (AvgIpc) is 3.31. The standard InChI is InChI=1S/C24H26N2O3/c1-17(22-13-7-15-29-22)25(2)23(27)19-10-6-14-26(16-19)24(28)21-12-5-9-18-8-3-4-11-20(18)21/h3-5,7-9,11-13,15,17,19H,6,10,14,16H2,1-2H3. The molecular weight excluding hydrogens is 364 g/mol. The minimum atomic E-state index is -0.190. The summed E-state index contributed by atoms with van der Waals surface area (Å²) in [5, 5.41) is 2.01. The Morgan fingerprint density at radius 1 is 1.10 bits per heavy atom. The maximum Gasteiger partial charge on any atom is 0.254 e. The van der Waals surface area contributed by atoms with E-state index in [1.165, 1.54) is 0 Å². The van der Waals surface area contributed by atoms with Crippen LogP contribution in [0, 0.1) is 5.92 Å². The molecule has 0 spiro atoms. The van der Waals surface area contributed by atoms with E-state index in [2.05, 4.69) is 0 Å². The van der Waals surface area contributed by atoms with Gasteiger partial charge in [-0.05, 0) is 48.7 Å². The molecule has 0 saturated carbocycles. The number of fused-ring (bicyclic) bond motifs is 1. The van der Waals surface area contributed by atoms with Gasteiger partial charge in [0.15, 0.2) is 0 Å². The van der Waals surface area contributed by atoms with E-state index >= 15 is 0 Å². The van der Waals surface area contributed by atoms with Gasteiger partial charge in [0.1, 0.15) is 5.76 Å². The van der Waals surface area contributed by atoms with Gasteiger partial charge in [-0.25, -0.2) is 0 Å². The van der Waals surface area contributed by atoms with Crippen LogP contribution in [-0.4, -0.2) is 41.8 Å². The second-order valence-electron chi connectivity index (χ2n) is 7.76. The third-order valence-electron chi connectivity index (χ3n) is 5.96. The molecule has 0 radical (unpaired) electrons. The molecule has 1 saturated heterocycles. The minimum absolute atomic E-state index is 0.000959. The van der Waals surface area contributed by atoms with Gasteiger partial charge in [0.05, 0.1) is 18.2 Å². The van der Waals surface area contributed by atoms with Crippen LogP contribution in [0.2, 0.25) is 0 Å². The number of hydrogen-bond acceptors (Lipinski definition) is 3. The first-order valence-corrected chi connectivity index (χ1v) is 10.1. The number of nitrogens with zero attached hydrogens (tertiary/aromatic N) is 2. The van der Waals surface area contributed by atoms with Gasteiger partial charge in [0.25, 0.3) is 5.91 Å². The van der Waals surface area contributed by atoms with Crippen LogP contribution in [0.3, 0.4) is 0 Å². The van der Waals surface area contributed by atoms with Crippen LogP contribution in [0.4, 0.5) is 0 Å².